The number of aromatic nitrogens is 1. The predicted octanol–water partition coefficient (Wildman–Crippen LogP) is 6.30. The number of para-hydroxylation sites is 1. The van der Waals surface area contributed by atoms with Gasteiger partial charge in [0.25, 0.3) is 0 Å². The second kappa shape index (κ2) is 7.72. The lowest BCUT2D eigenvalue weighted by atomic mass is 10.0. The summed E-state index contributed by atoms with van der Waals surface area (Å²) >= 11 is 0. The fraction of sp³-hybridized carbons (Fsp3) is 0.179. The van der Waals surface area contributed by atoms with Gasteiger partial charge in [-0.05, 0) is 56.2 Å². The van der Waals surface area contributed by atoms with Gasteiger partial charge in [0.15, 0.2) is 5.76 Å². The summed E-state index contributed by atoms with van der Waals surface area (Å²) in [5.74, 6) is 1.55. The van der Waals surface area contributed by atoms with Crippen molar-refractivity contribution >= 4 is 22.8 Å². The van der Waals surface area contributed by atoms with Crippen LogP contribution in [0.5, 0.6) is 11.5 Å². The number of fused-ring (bicyclic) bond motifs is 2. The van der Waals surface area contributed by atoms with E-state index in [9.17, 15) is 4.79 Å². The van der Waals surface area contributed by atoms with Gasteiger partial charge >= 0.3 is 0 Å². The van der Waals surface area contributed by atoms with E-state index in [4.69, 9.17) is 9.47 Å². The van der Waals surface area contributed by atoms with Crippen molar-refractivity contribution in [1.29, 1.82) is 0 Å². The van der Waals surface area contributed by atoms with Gasteiger partial charge in [-0.1, -0.05) is 42.0 Å². The van der Waals surface area contributed by atoms with Crippen molar-refractivity contribution in [3.05, 3.63) is 99.9 Å². The average molecular weight is 424 g/mol. The summed E-state index contributed by atoms with van der Waals surface area (Å²) in [4.78, 5) is 13.0. The number of benzene rings is 3. The number of Topliss-reactive ketones (excluding diaryl/α,β-unsaturated/α-hetero) is 1. The lowest BCUT2D eigenvalue weighted by Crippen LogP contribution is -2.00. The molecule has 32 heavy (non-hydrogen) atoms. The highest BCUT2D eigenvalue weighted by Crippen LogP contribution is 2.40. The van der Waals surface area contributed by atoms with E-state index in [2.05, 4.69) is 48.7 Å². The normalized spacial score (nSPS) is 14.1. The van der Waals surface area contributed by atoms with E-state index in [1.54, 1.807) is 6.07 Å². The van der Waals surface area contributed by atoms with Crippen molar-refractivity contribution < 1.29 is 14.3 Å². The van der Waals surface area contributed by atoms with Gasteiger partial charge in [0.05, 0.1) is 5.56 Å². The zero-order chi connectivity index (χ0) is 22.4. The summed E-state index contributed by atoms with van der Waals surface area (Å²) in [7, 11) is 2.00. The first-order valence-electron chi connectivity index (χ1n) is 10.7. The van der Waals surface area contributed by atoms with Gasteiger partial charge in [0.1, 0.15) is 18.1 Å². The van der Waals surface area contributed by atoms with Gasteiger partial charge in [-0.3, -0.25) is 4.79 Å². The molecular formula is C28H25NO3. The largest absolute Gasteiger partial charge is 0.488 e. The Balaban J connectivity index is 1.44. The maximum Gasteiger partial charge on any atom is 0.231 e. The Labute approximate surface area is 187 Å². The number of hydrogen-bond donors (Lipinski definition) is 0. The molecule has 0 bridgehead atoms. The van der Waals surface area contributed by atoms with Crippen molar-refractivity contribution in [2.24, 2.45) is 7.05 Å². The van der Waals surface area contributed by atoms with Gasteiger partial charge in [0.2, 0.25) is 5.78 Å². The second-order valence-corrected chi connectivity index (χ2v) is 8.44. The number of carbonyl (C=O) groups is 1. The van der Waals surface area contributed by atoms with E-state index in [1.165, 1.54) is 11.1 Å². The van der Waals surface area contributed by atoms with Gasteiger partial charge in [-0.2, -0.15) is 0 Å². The van der Waals surface area contributed by atoms with Crippen molar-refractivity contribution in [3.63, 3.8) is 0 Å². The van der Waals surface area contributed by atoms with E-state index in [1.807, 2.05) is 44.4 Å². The lowest BCUT2D eigenvalue weighted by Gasteiger charge is -2.13. The molecule has 5 rings (SSSR count). The van der Waals surface area contributed by atoms with Crippen molar-refractivity contribution in [2.45, 2.75) is 27.4 Å². The molecule has 0 aliphatic carbocycles. The van der Waals surface area contributed by atoms with Crippen molar-refractivity contribution in [2.75, 3.05) is 0 Å². The molecule has 3 aromatic carbocycles. The number of rotatable bonds is 4. The molecule has 0 spiro atoms. The molecule has 0 unspecified atom stereocenters. The summed E-state index contributed by atoms with van der Waals surface area (Å²) in [6.07, 6.45) is 3.85. The molecule has 0 atom stereocenters. The summed E-state index contributed by atoms with van der Waals surface area (Å²) in [6, 6.07) is 18.1. The Kier molecular flexibility index (Phi) is 4.86. The number of ketones is 1. The molecular weight excluding hydrogens is 398 g/mol. The van der Waals surface area contributed by atoms with Crippen LogP contribution in [0.1, 0.15) is 38.2 Å². The summed E-state index contributed by atoms with van der Waals surface area (Å²) in [6.45, 7) is 6.57. The standard InChI is InChI=1S/C28H25NO3/c1-17-9-10-18(2)21(13-17)16-31-25-12-11-23-27(30)26(32-28(23)19(25)3)14-20-15-29(4)24-8-6-5-7-22(20)24/h5-15H,16H2,1-4H3/b26-14-. The smallest absolute Gasteiger partial charge is 0.231 e. The van der Waals surface area contributed by atoms with Crippen LogP contribution in [0.3, 0.4) is 0 Å². The van der Waals surface area contributed by atoms with Gasteiger partial charge in [0, 0.05) is 35.3 Å². The Morgan fingerprint density at radius 2 is 1.84 bits per heavy atom. The molecule has 1 aliphatic rings. The molecule has 0 saturated heterocycles. The van der Waals surface area contributed by atoms with Crippen molar-refractivity contribution in [3.8, 4) is 11.5 Å². The number of carbonyl (C=O) groups excluding carboxylic acids is 1. The topological polar surface area (TPSA) is 40.5 Å². The third-order valence-electron chi connectivity index (χ3n) is 6.14. The van der Waals surface area contributed by atoms with E-state index in [-0.39, 0.29) is 5.78 Å². The molecule has 0 radical (unpaired) electrons. The molecule has 0 N–H and O–H groups in total. The highest BCUT2D eigenvalue weighted by molar-refractivity contribution is 6.15. The number of aryl methyl sites for hydroxylation is 3. The average Bonchev–Trinajstić information content (AvgIpc) is 3.28. The van der Waals surface area contributed by atoms with Crippen LogP contribution in [-0.4, -0.2) is 10.4 Å². The fourth-order valence-electron chi connectivity index (χ4n) is 4.26. The van der Waals surface area contributed by atoms with Crippen LogP contribution in [0.15, 0.2) is 66.6 Å². The fourth-order valence-corrected chi connectivity index (χ4v) is 4.26. The van der Waals surface area contributed by atoms with Crippen LogP contribution in [0, 0.1) is 20.8 Å². The van der Waals surface area contributed by atoms with E-state index in [0.29, 0.717) is 23.7 Å². The summed E-state index contributed by atoms with van der Waals surface area (Å²) in [5.41, 5.74) is 7.04. The molecule has 2 heterocycles. The van der Waals surface area contributed by atoms with Crippen LogP contribution in [0.4, 0.5) is 0 Å². The minimum atomic E-state index is -0.0999. The van der Waals surface area contributed by atoms with E-state index >= 15 is 0 Å². The molecule has 0 amide bonds. The summed E-state index contributed by atoms with van der Waals surface area (Å²) in [5, 5.41) is 1.09. The highest BCUT2D eigenvalue weighted by atomic mass is 16.5. The first-order chi connectivity index (χ1) is 15.4. The maximum atomic E-state index is 13.0. The minimum Gasteiger partial charge on any atom is -0.488 e. The molecule has 1 aliphatic heterocycles. The van der Waals surface area contributed by atoms with Crippen LogP contribution in [-0.2, 0) is 13.7 Å². The van der Waals surface area contributed by atoms with Crippen LogP contribution < -0.4 is 9.47 Å². The Morgan fingerprint density at radius 3 is 2.69 bits per heavy atom. The van der Waals surface area contributed by atoms with Crippen molar-refractivity contribution in [1.82, 2.24) is 4.57 Å². The molecule has 4 nitrogen and oxygen atoms in total. The SMILES string of the molecule is Cc1ccc(C)c(COc2ccc3c(c2C)O/C(=C\c2cn(C)c4ccccc24)C3=O)c1. The second-order valence-electron chi connectivity index (χ2n) is 8.44. The van der Waals surface area contributed by atoms with Crippen LogP contribution in [0.2, 0.25) is 0 Å². The third-order valence-corrected chi connectivity index (χ3v) is 6.14. The maximum absolute atomic E-state index is 13.0. The van der Waals surface area contributed by atoms with Crippen LogP contribution in [0.25, 0.3) is 17.0 Å². The number of nitrogens with zero attached hydrogens (tertiary/aromatic N) is 1. The Bertz CT molecular complexity index is 1410. The first kappa shape index (κ1) is 20.1. The van der Waals surface area contributed by atoms with Gasteiger partial charge < -0.3 is 14.0 Å². The monoisotopic (exact) mass is 423 g/mol. The van der Waals surface area contributed by atoms with Gasteiger partial charge in [-0.25, -0.2) is 0 Å². The number of hydrogen-bond acceptors (Lipinski definition) is 3. The summed E-state index contributed by atoms with van der Waals surface area (Å²) < 4.78 is 14.2. The zero-order valence-corrected chi connectivity index (χ0v) is 18.7. The first-order valence-corrected chi connectivity index (χ1v) is 10.7. The molecule has 4 heteroatoms. The van der Waals surface area contributed by atoms with Gasteiger partial charge in [-0.15, -0.1) is 0 Å². The highest BCUT2D eigenvalue weighted by Gasteiger charge is 2.30. The Morgan fingerprint density at radius 1 is 1.03 bits per heavy atom. The predicted molar refractivity (Wildman–Crippen MR) is 127 cm³/mol. The molecule has 0 saturated carbocycles. The van der Waals surface area contributed by atoms with E-state index in [0.717, 1.165) is 33.3 Å². The zero-order valence-electron chi connectivity index (χ0n) is 18.7. The molecule has 0 fully saturated rings. The molecule has 4 aromatic rings. The van der Waals surface area contributed by atoms with Crippen LogP contribution >= 0.6 is 0 Å². The lowest BCUT2D eigenvalue weighted by molar-refractivity contribution is 0.101. The number of allylic oxidation sites excluding steroid dienone is 1. The molecule has 160 valence electrons. The van der Waals surface area contributed by atoms with E-state index < -0.39 is 0 Å². The quantitative estimate of drug-likeness (QED) is 0.362. The molecule has 1 aromatic heterocycles. The third kappa shape index (κ3) is 3.38. The Hall–Kier alpha value is -3.79. The minimum absolute atomic E-state index is 0.0999. The number of ether oxygens (including phenoxy) is 2.